The van der Waals surface area contributed by atoms with Crippen LogP contribution in [-0.4, -0.2) is 55.7 Å². The van der Waals surface area contributed by atoms with Crippen LogP contribution in [0.5, 0.6) is 0 Å². The van der Waals surface area contributed by atoms with Gasteiger partial charge in [0.1, 0.15) is 0 Å². The van der Waals surface area contributed by atoms with E-state index in [-0.39, 0.29) is 39.0 Å². The fourth-order valence-corrected chi connectivity index (χ4v) is 12.7. The van der Waals surface area contributed by atoms with E-state index in [0.717, 1.165) is 103 Å². The summed E-state index contributed by atoms with van der Waals surface area (Å²) in [6.45, 7) is 5.12. The number of hydrogen-bond acceptors (Lipinski definition) is 8. The summed E-state index contributed by atoms with van der Waals surface area (Å²) in [5.74, 6) is 0. The maximum atomic E-state index is 15.3. The van der Waals surface area contributed by atoms with Crippen molar-refractivity contribution in [3.05, 3.63) is 0 Å². The van der Waals surface area contributed by atoms with Gasteiger partial charge in [0.05, 0.1) is 24.3 Å². The largest absolute Gasteiger partial charge is 0.235 e. The van der Waals surface area contributed by atoms with Crippen LogP contribution in [0, 0.1) is 45.3 Å². The van der Waals surface area contributed by atoms with Crippen molar-refractivity contribution in [2.75, 3.05) is 26.2 Å². The summed E-state index contributed by atoms with van der Waals surface area (Å²) >= 11 is 0. The fraction of sp³-hybridized carbons (Fsp3) is 0.902. The molecule has 0 aliphatic heterocycles. The summed E-state index contributed by atoms with van der Waals surface area (Å²) < 4.78 is 62.2. The molecule has 53 heavy (non-hydrogen) atoms. The second-order valence-corrected chi connectivity index (χ2v) is 19.4. The van der Waals surface area contributed by atoms with Crippen molar-refractivity contribution in [2.24, 2.45) is 0 Å². The standard InChI is InChI=1S/C41H74N6O4S2/c1-3-5-31-41(32-6-4-2,52(48,49)46(37-27-19-11-7-15-23-33-42)38-28-20-12-8-16-24-34-43)53(50,51)47(39-29-21-13-9-17-25-35-44)40-30-22-14-10-18-26-36-45/h3-32,37-40H2,1-2H3. The molecular weight excluding hydrogens is 705 g/mol. The molecule has 0 N–H and O–H groups in total. The van der Waals surface area contributed by atoms with Gasteiger partial charge < -0.3 is 0 Å². The normalized spacial score (nSPS) is 12.1. The number of nitrogens with zero attached hydrogens (tertiary/aromatic N) is 6. The topological polar surface area (TPSA) is 170 Å². The molecular formula is C41H74N6O4S2. The van der Waals surface area contributed by atoms with Gasteiger partial charge in [-0.25, -0.2) is 25.4 Å². The van der Waals surface area contributed by atoms with E-state index in [4.69, 9.17) is 21.0 Å². The quantitative estimate of drug-likeness (QED) is 0.0557. The molecule has 0 unspecified atom stereocenters. The monoisotopic (exact) mass is 779 g/mol. The molecule has 0 radical (unpaired) electrons. The van der Waals surface area contributed by atoms with Gasteiger partial charge in [-0.3, -0.25) is 0 Å². The van der Waals surface area contributed by atoms with Crippen molar-refractivity contribution in [2.45, 2.75) is 211 Å². The summed E-state index contributed by atoms with van der Waals surface area (Å²) in [5.41, 5.74) is 0. The zero-order chi connectivity index (χ0) is 39.5. The minimum atomic E-state index is -4.31. The zero-order valence-electron chi connectivity index (χ0n) is 33.7. The molecule has 0 atom stereocenters. The molecule has 0 bridgehead atoms. The maximum absolute atomic E-state index is 15.3. The number of rotatable bonds is 38. The van der Waals surface area contributed by atoms with E-state index in [1.54, 1.807) is 0 Å². The average Bonchev–Trinajstić information content (AvgIpc) is 3.14. The van der Waals surface area contributed by atoms with Crippen molar-refractivity contribution in [1.82, 2.24) is 8.61 Å². The third-order valence-corrected chi connectivity index (χ3v) is 16.3. The minimum absolute atomic E-state index is 0.0752. The van der Waals surface area contributed by atoms with Gasteiger partial charge in [-0.05, 0) is 64.2 Å². The number of hydrogen-bond donors (Lipinski definition) is 0. The molecule has 0 aromatic rings. The second kappa shape index (κ2) is 33.1. The summed E-state index contributed by atoms with van der Waals surface area (Å²) in [6.07, 6.45) is 21.1. The molecule has 0 amide bonds. The smallest absolute Gasteiger partial charge is 0.210 e. The molecule has 0 spiro atoms. The SMILES string of the molecule is CCCCC(CCCC)(S(=O)(=O)N(CCCCCCCC#N)CCCCCCCC#N)S(=O)(=O)N(CCCCCCCC#N)CCCCCCCC#N. The van der Waals surface area contributed by atoms with Gasteiger partial charge in [-0.2, -0.15) is 21.0 Å². The summed E-state index contributed by atoms with van der Waals surface area (Å²) in [6, 6.07) is 8.73. The first-order valence-corrected chi connectivity index (χ1v) is 24.0. The van der Waals surface area contributed by atoms with Crippen molar-refractivity contribution < 1.29 is 16.8 Å². The predicted molar refractivity (Wildman–Crippen MR) is 216 cm³/mol. The first-order valence-electron chi connectivity index (χ1n) is 21.1. The lowest BCUT2D eigenvalue weighted by atomic mass is 10.1. The Labute approximate surface area is 326 Å². The lowest BCUT2D eigenvalue weighted by molar-refractivity contribution is 0.344. The highest BCUT2D eigenvalue weighted by Gasteiger charge is 2.57. The van der Waals surface area contributed by atoms with Crippen LogP contribution in [-0.2, 0) is 20.0 Å². The van der Waals surface area contributed by atoms with E-state index >= 15 is 16.8 Å². The average molecular weight is 779 g/mol. The van der Waals surface area contributed by atoms with Gasteiger partial charge in [0.15, 0.2) is 0 Å². The van der Waals surface area contributed by atoms with Gasteiger partial charge in [0, 0.05) is 51.9 Å². The Hall–Kier alpha value is -2.22. The first kappa shape index (κ1) is 50.8. The maximum Gasteiger partial charge on any atom is 0.235 e. The van der Waals surface area contributed by atoms with Crippen LogP contribution < -0.4 is 0 Å². The molecule has 0 saturated heterocycles. The van der Waals surface area contributed by atoms with Crippen LogP contribution in [0.4, 0.5) is 0 Å². The molecule has 0 aliphatic carbocycles. The van der Waals surface area contributed by atoms with E-state index < -0.39 is 24.1 Å². The lowest BCUT2D eigenvalue weighted by Gasteiger charge is -2.41. The second-order valence-electron chi connectivity index (χ2n) is 14.6. The number of unbranched alkanes of at least 4 members (excludes halogenated alkanes) is 22. The van der Waals surface area contributed by atoms with Crippen molar-refractivity contribution >= 4 is 20.0 Å². The molecule has 0 saturated carbocycles. The Morgan fingerprint density at radius 3 is 0.830 bits per heavy atom. The molecule has 0 aromatic heterocycles. The van der Waals surface area contributed by atoms with Gasteiger partial charge >= 0.3 is 0 Å². The van der Waals surface area contributed by atoms with Crippen LogP contribution >= 0.6 is 0 Å². The van der Waals surface area contributed by atoms with Gasteiger partial charge in [-0.15, -0.1) is 0 Å². The lowest BCUT2D eigenvalue weighted by Crippen LogP contribution is -2.58. The Morgan fingerprint density at radius 1 is 0.377 bits per heavy atom. The molecule has 12 heteroatoms. The summed E-state index contributed by atoms with van der Waals surface area (Å²) in [5, 5.41) is 35.6. The molecule has 0 rings (SSSR count). The predicted octanol–water partition coefficient (Wildman–Crippen LogP) is 10.8. The van der Waals surface area contributed by atoms with E-state index in [2.05, 4.69) is 24.3 Å². The molecule has 0 fully saturated rings. The number of sulfonamides is 2. The van der Waals surface area contributed by atoms with E-state index in [1.165, 1.54) is 8.61 Å². The Bertz CT molecular complexity index is 1140. The zero-order valence-corrected chi connectivity index (χ0v) is 35.3. The highest BCUT2D eigenvalue weighted by molar-refractivity contribution is 8.08. The first-order chi connectivity index (χ1) is 25.7. The summed E-state index contributed by atoms with van der Waals surface area (Å²) in [4.78, 5) is 0. The summed E-state index contributed by atoms with van der Waals surface area (Å²) in [7, 11) is -8.62. The third-order valence-electron chi connectivity index (χ3n) is 10.2. The van der Waals surface area contributed by atoms with E-state index in [9.17, 15) is 0 Å². The fourth-order valence-electron chi connectivity index (χ4n) is 6.93. The molecule has 304 valence electrons. The molecule has 0 aromatic carbocycles. The van der Waals surface area contributed by atoms with Gasteiger partial charge in [0.2, 0.25) is 24.1 Å². The number of nitriles is 4. The minimum Gasteiger partial charge on any atom is -0.210 e. The van der Waals surface area contributed by atoms with E-state index in [0.29, 0.717) is 77.0 Å². The van der Waals surface area contributed by atoms with Crippen molar-refractivity contribution in [3.63, 3.8) is 0 Å². The van der Waals surface area contributed by atoms with Crippen LogP contribution in [0.15, 0.2) is 0 Å². The molecule has 10 nitrogen and oxygen atoms in total. The van der Waals surface area contributed by atoms with Crippen molar-refractivity contribution in [1.29, 1.82) is 21.0 Å². The van der Waals surface area contributed by atoms with E-state index in [1.807, 2.05) is 13.8 Å². The Morgan fingerprint density at radius 2 is 0.604 bits per heavy atom. The van der Waals surface area contributed by atoms with Crippen LogP contribution in [0.3, 0.4) is 0 Å². The van der Waals surface area contributed by atoms with Gasteiger partial charge in [0.25, 0.3) is 0 Å². The highest BCUT2D eigenvalue weighted by atomic mass is 32.3. The van der Waals surface area contributed by atoms with Crippen LogP contribution in [0.1, 0.15) is 206 Å². The molecule has 0 heterocycles. The highest BCUT2D eigenvalue weighted by Crippen LogP contribution is 2.41. The van der Waals surface area contributed by atoms with Crippen LogP contribution in [0.2, 0.25) is 0 Å². The van der Waals surface area contributed by atoms with Crippen molar-refractivity contribution in [3.8, 4) is 24.3 Å². The third kappa shape index (κ3) is 20.9. The van der Waals surface area contributed by atoms with Gasteiger partial charge in [-0.1, -0.05) is 117 Å². The Balaban J connectivity index is 6.62. The van der Waals surface area contributed by atoms with Crippen LogP contribution in [0.25, 0.3) is 0 Å². The Kier molecular flexibility index (Phi) is 31.8. The molecule has 0 aliphatic rings.